The van der Waals surface area contributed by atoms with Crippen molar-refractivity contribution in [2.45, 2.75) is 18.4 Å². The first-order valence-corrected chi connectivity index (χ1v) is 9.23. The lowest BCUT2D eigenvalue weighted by Crippen LogP contribution is -2.23. The first-order chi connectivity index (χ1) is 12.0. The predicted octanol–water partition coefficient (Wildman–Crippen LogP) is 2.67. The van der Waals surface area contributed by atoms with Crippen LogP contribution in [-0.4, -0.2) is 25.3 Å². The second kappa shape index (κ2) is 7.08. The van der Waals surface area contributed by atoms with E-state index < -0.39 is 10.0 Å². The number of nitrogens with zero attached hydrogens (tertiary/aromatic N) is 2. The zero-order valence-electron chi connectivity index (χ0n) is 14.0. The van der Waals surface area contributed by atoms with Crippen molar-refractivity contribution in [3.63, 3.8) is 0 Å². The number of para-hydroxylation sites is 2. The fourth-order valence-electron chi connectivity index (χ4n) is 2.52. The van der Waals surface area contributed by atoms with Crippen LogP contribution in [0, 0.1) is 6.92 Å². The Balaban J connectivity index is 1.84. The second-order valence-electron chi connectivity index (χ2n) is 5.50. The Morgan fingerprint density at radius 1 is 1.08 bits per heavy atom. The van der Waals surface area contributed by atoms with Crippen LogP contribution in [0.25, 0.3) is 5.69 Å². The zero-order valence-corrected chi connectivity index (χ0v) is 14.8. The third-order valence-corrected chi connectivity index (χ3v) is 5.31. The molecule has 6 nitrogen and oxygen atoms in total. The molecular formula is C18H19N3O3S. The van der Waals surface area contributed by atoms with Crippen LogP contribution in [-0.2, 0) is 16.6 Å². The van der Waals surface area contributed by atoms with Crippen molar-refractivity contribution in [1.82, 2.24) is 14.5 Å². The van der Waals surface area contributed by atoms with E-state index in [4.69, 9.17) is 4.74 Å². The Morgan fingerprint density at radius 3 is 2.48 bits per heavy atom. The summed E-state index contributed by atoms with van der Waals surface area (Å²) in [6.45, 7) is 1.82. The minimum atomic E-state index is -3.69. The van der Waals surface area contributed by atoms with Crippen molar-refractivity contribution >= 4 is 10.0 Å². The number of methoxy groups -OCH3 is 1. The Hall–Kier alpha value is -2.64. The number of hydrogen-bond donors (Lipinski definition) is 1. The summed E-state index contributed by atoms with van der Waals surface area (Å²) < 4.78 is 34.8. The SMILES string of the molecule is COc1ccccc1CNS(=O)(=O)c1cn(-c2ccccc2)nc1C. The van der Waals surface area contributed by atoms with Gasteiger partial charge in [-0.25, -0.2) is 17.8 Å². The summed E-state index contributed by atoms with van der Waals surface area (Å²) in [6, 6.07) is 16.7. The van der Waals surface area contributed by atoms with Gasteiger partial charge >= 0.3 is 0 Å². The van der Waals surface area contributed by atoms with E-state index in [0.29, 0.717) is 11.4 Å². The summed E-state index contributed by atoms with van der Waals surface area (Å²) in [5, 5.41) is 4.31. The van der Waals surface area contributed by atoms with Gasteiger partial charge in [0, 0.05) is 12.1 Å². The monoisotopic (exact) mass is 357 g/mol. The van der Waals surface area contributed by atoms with E-state index in [2.05, 4.69) is 9.82 Å². The van der Waals surface area contributed by atoms with Gasteiger partial charge in [-0.2, -0.15) is 5.10 Å². The highest BCUT2D eigenvalue weighted by molar-refractivity contribution is 7.89. The van der Waals surface area contributed by atoms with Crippen molar-refractivity contribution in [2.75, 3.05) is 7.11 Å². The topological polar surface area (TPSA) is 73.2 Å². The van der Waals surface area contributed by atoms with Gasteiger partial charge in [0.25, 0.3) is 0 Å². The molecule has 3 aromatic rings. The highest BCUT2D eigenvalue weighted by Gasteiger charge is 2.21. The molecule has 130 valence electrons. The molecule has 7 heteroatoms. The molecule has 0 fully saturated rings. The molecule has 0 aliphatic heterocycles. The van der Waals surface area contributed by atoms with Crippen LogP contribution in [0.3, 0.4) is 0 Å². The third kappa shape index (κ3) is 3.72. The molecule has 0 radical (unpaired) electrons. The van der Waals surface area contributed by atoms with E-state index in [1.54, 1.807) is 24.8 Å². The van der Waals surface area contributed by atoms with Gasteiger partial charge in [-0.05, 0) is 25.1 Å². The first-order valence-electron chi connectivity index (χ1n) is 7.74. The fraction of sp³-hybridized carbons (Fsp3) is 0.167. The molecule has 1 N–H and O–H groups in total. The quantitative estimate of drug-likeness (QED) is 0.736. The lowest BCUT2D eigenvalue weighted by Gasteiger charge is -2.09. The molecule has 3 rings (SSSR count). The molecule has 0 unspecified atom stereocenters. The van der Waals surface area contributed by atoms with E-state index in [1.807, 2.05) is 48.5 Å². The summed E-state index contributed by atoms with van der Waals surface area (Å²) in [5.41, 5.74) is 2.01. The summed E-state index contributed by atoms with van der Waals surface area (Å²) in [7, 11) is -2.13. The van der Waals surface area contributed by atoms with Gasteiger partial charge in [0.2, 0.25) is 10.0 Å². The van der Waals surface area contributed by atoms with Gasteiger partial charge in [0.05, 0.1) is 24.7 Å². The zero-order chi connectivity index (χ0) is 17.9. The molecule has 0 spiro atoms. The highest BCUT2D eigenvalue weighted by atomic mass is 32.2. The van der Waals surface area contributed by atoms with Crippen LogP contribution in [0.5, 0.6) is 5.75 Å². The number of nitrogens with one attached hydrogen (secondary N) is 1. The Morgan fingerprint density at radius 2 is 1.76 bits per heavy atom. The third-order valence-electron chi connectivity index (χ3n) is 3.81. The number of ether oxygens (including phenoxy) is 1. The number of rotatable bonds is 6. The van der Waals surface area contributed by atoms with Crippen molar-refractivity contribution < 1.29 is 13.2 Å². The molecule has 1 aromatic heterocycles. The van der Waals surface area contributed by atoms with E-state index in [0.717, 1.165) is 11.3 Å². The molecule has 0 atom stereocenters. The molecule has 25 heavy (non-hydrogen) atoms. The molecule has 0 aliphatic carbocycles. The molecule has 0 saturated heterocycles. The van der Waals surface area contributed by atoms with E-state index in [9.17, 15) is 8.42 Å². The van der Waals surface area contributed by atoms with Gasteiger partial charge in [-0.3, -0.25) is 0 Å². The largest absolute Gasteiger partial charge is 0.496 e. The van der Waals surface area contributed by atoms with E-state index in [1.165, 1.54) is 6.20 Å². The van der Waals surface area contributed by atoms with Crippen molar-refractivity contribution in [2.24, 2.45) is 0 Å². The molecule has 0 saturated carbocycles. The average molecular weight is 357 g/mol. The molecule has 2 aromatic carbocycles. The summed E-state index contributed by atoms with van der Waals surface area (Å²) in [6.07, 6.45) is 1.52. The van der Waals surface area contributed by atoms with Gasteiger partial charge in [-0.15, -0.1) is 0 Å². The molecule has 0 amide bonds. The summed E-state index contributed by atoms with van der Waals surface area (Å²) in [5.74, 6) is 0.641. The van der Waals surface area contributed by atoms with Gasteiger partial charge in [-0.1, -0.05) is 36.4 Å². The van der Waals surface area contributed by atoms with E-state index >= 15 is 0 Å². The van der Waals surface area contributed by atoms with Crippen molar-refractivity contribution in [3.05, 3.63) is 72.1 Å². The maximum Gasteiger partial charge on any atom is 0.244 e. The Labute approximate surface area is 147 Å². The minimum Gasteiger partial charge on any atom is -0.496 e. The second-order valence-corrected chi connectivity index (χ2v) is 7.23. The van der Waals surface area contributed by atoms with Crippen molar-refractivity contribution in [1.29, 1.82) is 0 Å². The normalized spacial score (nSPS) is 11.4. The molecule has 0 bridgehead atoms. The van der Waals surface area contributed by atoms with Crippen molar-refractivity contribution in [3.8, 4) is 11.4 Å². The molecular weight excluding hydrogens is 338 g/mol. The lowest BCUT2D eigenvalue weighted by molar-refractivity contribution is 0.409. The number of benzene rings is 2. The van der Waals surface area contributed by atoms with Gasteiger partial charge in [0.15, 0.2) is 0 Å². The molecule has 1 heterocycles. The first kappa shape index (κ1) is 17.2. The number of sulfonamides is 1. The lowest BCUT2D eigenvalue weighted by atomic mass is 10.2. The Bertz CT molecular complexity index is 966. The average Bonchev–Trinajstić information content (AvgIpc) is 3.04. The van der Waals surface area contributed by atoms with E-state index in [-0.39, 0.29) is 11.4 Å². The van der Waals surface area contributed by atoms with Crippen LogP contribution in [0.2, 0.25) is 0 Å². The van der Waals surface area contributed by atoms with Crippen LogP contribution in [0.15, 0.2) is 65.7 Å². The minimum absolute atomic E-state index is 0.141. The molecule has 0 aliphatic rings. The standard InChI is InChI=1S/C18H19N3O3S/c1-14-18(13-21(20-14)16-9-4-3-5-10-16)25(22,23)19-12-15-8-6-7-11-17(15)24-2/h3-11,13,19H,12H2,1-2H3. The Kier molecular flexibility index (Phi) is 4.87. The van der Waals surface area contributed by atoms with Crippen LogP contribution < -0.4 is 9.46 Å². The van der Waals surface area contributed by atoms with Gasteiger partial charge in [0.1, 0.15) is 10.6 Å². The number of aryl methyl sites for hydroxylation is 1. The summed E-state index contributed by atoms with van der Waals surface area (Å²) >= 11 is 0. The van der Waals surface area contributed by atoms with Gasteiger partial charge < -0.3 is 4.74 Å². The fourth-order valence-corrected chi connectivity index (χ4v) is 3.69. The maximum atomic E-state index is 12.7. The smallest absolute Gasteiger partial charge is 0.244 e. The maximum absolute atomic E-state index is 12.7. The van der Waals surface area contributed by atoms with Crippen LogP contribution in [0.4, 0.5) is 0 Å². The predicted molar refractivity (Wildman–Crippen MR) is 95.3 cm³/mol. The summed E-state index contributed by atoms with van der Waals surface area (Å²) in [4.78, 5) is 0.159. The number of hydrogen-bond acceptors (Lipinski definition) is 4. The number of aromatic nitrogens is 2. The van der Waals surface area contributed by atoms with Crippen LogP contribution in [0.1, 0.15) is 11.3 Å². The highest BCUT2D eigenvalue weighted by Crippen LogP contribution is 2.20. The van der Waals surface area contributed by atoms with Crippen LogP contribution >= 0.6 is 0 Å².